The fourth-order valence-corrected chi connectivity index (χ4v) is 2.81. The van der Waals surface area contributed by atoms with Gasteiger partial charge in [0.1, 0.15) is 12.4 Å². The highest BCUT2D eigenvalue weighted by atomic mass is 32.2. The van der Waals surface area contributed by atoms with Gasteiger partial charge in [0.25, 0.3) is 0 Å². The predicted octanol–water partition coefficient (Wildman–Crippen LogP) is 0.761. The molecule has 0 aromatic heterocycles. The summed E-state index contributed by atoms with van der Waals surface area (Å²) in [6, 6.07) is 5.63. The van der Waals surface area contributed by atoms with E-state index in [2.05, 4.69) is 4.72 Å². The number of aliphatic hydroxyl groups is 1. The second-order valence-electron chi connectivity index (χ2n) is 4.22. The van der Waals surface area contributed by atoms with Gasteiger partial charge < -0.3 is 14.6 Å². The van der Waals surface area contributed by atoms with Crippen molar-refractivity contribution in [1.82, 2.24) is 4.72 Å². The zero-order valence-electron chi connectivity index (χ0n) is 11.7. The molecular weight excluding hydrogens is 282 g/mol. The number of methoxy groups -OCH3 is 1. The summed E-state index contributed by atoms with van der Waals surface area (Å²) >= 11 is 0. The molecule has 114 valence electrons. The molecule has 0 heterocycles. The largest absolute Gasteiger partial charge is 0.491 e. The minimum Gasteiger partial charge on any atom is -0.491 e. The van der Waals surface area contributed by atoms with E-state index in [0.717, 1.165) is 0 Å². The van der Waals surface area contributed by atoms with E-state index in [9.17, 15) is 8.42 Å². The van der Waals surface area contributed by atoms with E-state index in [-0.39, 0.29) is 11.5 Å². The van der Waals surface area contributed by atoms with Crippen LogP contribution in [0.4, 0.5) is 0 Å². The van der Waals surface area contributed by atoms with Crippen molar-refractivity contribution in [3.63, 3.8) is 0 Å². The van der Waals surface area contributed by atoms with Crippen molar-refractivity contribution in [2.75, 3.05) is 26.9 Å². The molecule has 0 saturated heterocycles. The first-order valence-electron chi connectivity index (χ1n) is 6.38. The summed E-state index contributed by atoms with van der Waals surface area (Å²) < 4.78 is 36.8. The van der Waals surface area contributed by atoms with Gasteiger partial charge in [-0.15, -0.1) is 0 Å². The molecule has 1 rings (SSSR count). The Labute approximate surface area is 119 Å². The maximum Gasteiger partial charge on any atom is 0.240 e. The minimum absolute atomic E-state index is 0.142. The van der Waals surface area contributed by atoms with Crippen LogP contribution in [0.2, 0.25) is 0 Å². The van der Waals surface area contributed by atoms with E-state index >= 15 is 0 Å². The predicted molar refractivity (Wildman–Crippen MR) is 75.3 cm³/mol. The molecule has 1 aromatic rings. The standard InChI is InChI=1S/C13H21NO5S/c1-3-11(10-15)14-20(16,17)13-6-4-12(5-7-13)19-9-8-18-2/h4-7,11,14-15H,3,8-10H2,1-2H3/t11-/m1/s1. The van der Waals surface area contributed by atoms with Gasteiger partial charge in [0.05, 0.1) is 18.1 Å². The van der Waals surface area contributed by atoms with Crippen molar-refractivity contribution in [3.05, 3.63) is 24.3 Å². The maximum absolute atomic E-state index is 12.0. The number of sulfonamides is 1. The summed E-state index contributed by atoms with van der Waals surface area (Å²) in [7, 11) is -2.04. The average molecular weight is 303 g/mol. The van der Waals surface area contributed by atoms with E-state index in [1.54, 1.807) is 26.2 Å². The van der Waals surface area contributed by atoms with Crippen LogP contribution in [0.1, 0.15) is 13.3 Å². The van der Waals surface area contributed by atoms with Crippen LogP contribution in [0.3, 0.4) is 0 Å². The lowest BCUT2D eigenvalue weighted by atomic mass is 10.3. The number of benzene rings is 1. The highest BCUT2D eigenvalue weighted by molar-refractivity contribution is 7.89. The molecule has 0 spiro atoms. The molecule has 0 saturated carbocycles. The van der Waals surface area contributed by atoms with E-state index in [4.69, 9.17) is 14.6 Å². The average Bonchev–Trinajstić information content (AvgIpc) is 2.45. The molecule has 0 unspecified atom stereocenters. The van der Waals surface area contributed by atoms with Crippen LogP contribution in [-0.2, 0) is 14.8 Å². The van der Waals surface area contributed by atoms with Gasteiger partial charge in [-0.3, -0.25) is 0 Å². The van der Waals surface area contributed by atoms with E-state index in [1.165, 1.54) is 12.1 Å². The Morgan fingerprint density at radius 2 is 1.90 bits per heavy atom. The number of nitrogens with one attached hydrogen (secondary N) is 1. The van der Waals surface area contributed by atoms with Gasteiger partial charge in [0.2, 0.25) is 10.0 Å². The molecule has 6 nitrogen and oxygen atoms in total. The summed E-state index contributed by atoms with van der Waals surface area (Å²) in [6.45, 7) is 2.45. The number of hydrogen-bond acceptors (Lipinski definition) is 5. The molecule has 0 fully saturated rings. The van der Waals surface area contributed by atoms with Crippen molar-refractivity contribution in [2.45, 2.75) is 24.3 Å². The highest BCUT2D eigenvalue weighted by Gasteiger charge is 2.18. The molecular formula is C13H21NO5S. The van der Waals surface area contributed by atoms with Crippen LogP contribution in [-0.4, -0.2) is 46.5 Å². The van der Waals surface area contributed by atoms with Crippen LogP contribution in [0.25, 0.3) is 0 Å². The normalized spacial score (nSPS) is 13.2. The third-order valence-electron chi connectivity index (χ3n) is 2.73. The van der Waals surface area contributed by atoms with Gasteiger partial charge in [-0.1, -0.05) is 6.92 Å². The molecule has 1 atom stereocenters. The SMILES string of the molecule is CC[C@H](CO)NS(=O)(=O)c1ccc(OCCOC)cc1. The Kier molecular flexibility index (Phi) is 6.94. The third kappa shape index (κ3) is 5.09. The fourth-order valence-electron chi connectivity index (χ4n) is 1.50. The Hall–Kier alpha value is -1.15. The van der Waals surface area contributed by atoms with E-state index < -0.39 is 16.1 Å². The monoisotopic (exact) mass is 303 g/mol. The molecule has 0 amide bonds. The number of ether oxygens (including phenoxy) is 2. The Bertz CT molecular complexity index is 482. The summed E-state index contributed by atoms with van der Waals surface area (Å²) in [4.78, 5) is 0.142. The van der Waals surface area contributed by atoms with Crippen molar-refractivity contribution < 1.29 is 23.0 Å². The second-order valence-corrected chi connectivity index (χ2v) is 5.94. The first kappa shape index (κ1) is 16.9. The summed E-state index contributed by atoms with van der Waals surface area (Å²) in [5.74, 6) is 0.579. The smallest absolute Gasteiger partial charge is 0.240 e. The Morgan fingerprint density at radius 1 is 1.25 bits per heavy atom. The summed E-state index contributed by atoms with van der Waals surface area (Å²) in [5.41, 5.74) is 0. The first-order chi connectivity index (χ1) is 9.53. The van der Waals surface area contributed by atoms with Crippen LogP contribution in [0.5, 0.6) is 5.75 Å². The van der Waals surface area contributed by atoms with Gasteiger partial charge in [-0.05, 0) is 30.7 Å². The molecule has 0 aliphatic rings. The van der Waals surface area contributed by atoms with Crippen molar-refractivity contribution in [1.29, 1.82) is 0 Å². The lowest BCUT2D eigenvalue weighted by Crippen LogP contribution is -2.36. The second kappa shape index (κ2) is 8.21. The summed E-state index contributed by atoms with van der Waals surface area (Å²) in [6.07, 6.45) is 0.522. The third-order valence-corrected chi connectivity index (χ3v) is 4.26. The molecule has 0 aliphatic heterocycles. The molecule has 0 radical (unpaired) electrons. The van der Waals surface area contributed by atoms with Gasteiger partial charge in [0.15, 0.2) is 0 Å². The molecule has 20 heavy (non-hydrogen) atoms. The maximum atomic E-state index is 12.0. The highest BCUT2D eigenvalue weighted by Crippen LogP contribution is 2.16. The Balaban J connectivity index is 2.71. The zero-order chi connectivity index (χ0) is 15.0. The number of rotatable bonds is 9. The fraction of sp³-hybridized carbons (Fsp3) is 0.538. The van der Waals surface area contributed by atoms with Crippen LogP contribution in [0.15, 0.2) is 29.2 Å². The lowest BCUT2D eigenvalue weighted by Gasteiger charge is -2.14. The molecule has 0 aliphatic carbocycles. The Morgan fingerprint density at radius 3 is 2.40 bits per heavy atom. The topological polar surface area (TPSA) is 84.9 Å². The van der Waals surface area contributed by atoms with Gasteiger partial charge in [-0.25, -0.2) is 13.1 Å². The number of aliphatic hydroxyl groups excluding tert-OH is 1. The zero-order valence-corrected chi connectivity index (χ0v) is 12.5. The molecule has 0 bridgehead atoms. The van der Waals surface area contributed by atoms with Crippen LogP contribution >= 0.6 is 0 Å². The van der Waals surface area contributed by atoms with Gasteiger partial charge >= 0.3 is 0 Å². The number of hydrogen-bond donors (Lipinski definition) is 2. The van der Waals surface area contributed by atoms with E-state index in [1.807, 2.05) is 0 Å². The van der Waals surface area contributed by atoms with Gasteiger partial charge in [0, 0.05) is 13.2 Å². The van der Waals surface area contributed by atoms with Crippen molar-refractivity contribution >= 4 is 10.0 Å². The minimum atomic E-state index is -3.62. The lowest BCUT2D eigenvalue weighted by molar-refractivity contribution is 0.146. The first-order valence-corrected chi connectivity index (χ1v) is 7.86. The summed E-state index contributed by atoms with van der Waals surface area (Å²) in [5, 5.41) is 9.04. The van der Waals surface area contributed by atoms with E-state index in [0.29, 0.717) is 25.4 Å². The van der Waals surface area contributed by atoms with Crippen molar-refractivity contribution in [3.8, 4) is 5.75 Å². The molecule has 2 N–H and O–H groups in total. The van der Waals surface area contributed by atoms with Crippen LogP contribution in [0, 0.1) is 0 Å². The quantitative estimate of drug-likeness (QED) is 0.658. The van der Waals surface area contributed by atoms with Crippen LogP contribution < -0.4 is 9.46 Å². The molecule has 7 heteroatoms. The van der Waals surface area contributed by atoms with Crippen molar-refractivity contribution in [2.24, 2.45) is 0 Å². The van der Waals surface area contributed by atoms with Gasteiger partial charge in [-0.2, -0.15) is 0 Å². The molecule has 1 aromatic carbocycles.